The molecular formula is C18H21N3O4. The summed E-state index contributed by atoms with van der Waals surface area (Å²) in [5.41, 5.74) is 2.23. The molecule has 25 heavy (non-hydrogen) atoms. The van der Waals surface area contributed by atoms with Crippen molar-refractivity contribution in [2.75, 3.05) is 13.2 Å². The molecule has 0 saturated carbocycles. The molecule has 1 aromatic carbocycles. The van der Waals surface area contributed by atoms with Gasteiger partial charge in [0.25, 0.3) is 5.91 Å². The van der Waals surface area contributed by atoms with Crippen LogP contribution in [0.25, 0.3) is 0 Å². The van der Waals surface area contributed by atoms with E-state index < -0.39 is 5.97 Å². The molecule has 1 aromatic heterocycles. The molecular weight excluding hydrogens is 322 g/mol. The molecule has 7 nitrogen and oxygen atoms in total. The Balaban J connectivity index is 1.86. The number of carbonyl (C=O) groups excluding carboxylic acids is 1. The van der Waals surface area contributed by atoms with Crippen LogP contribution in [0.5, 0.6) is 5.75 Å². The van der Waals surface area contributed by atoms with Crippen molar-refractivity contribution >= 4 is 11.9 Å². The van der Waals surface area contributed by atoms with Crippen LogP contribution in [0, 0.1) is 0 Å². The SMILES string of the molecule is CC(C)c1ncncc1C(=O)NCCc1ccc(OCC(=O)O)cc1. The standard InChI is InChI=1S/C18H21N3O4/c1-12(2)17-15(9-19-11-21-17)18(24)20-8-7-13-3-5-14(6-4-13)25-10-16(22)23/h3-6,9,11-12H,7-8,10H2,1-2H3,(H,20,24)(H,22,23). The number of nitrogens with zero attached hydrogens (tertiary/aromatic N) is 2. The molecule has 0 saturated heterocycles. The number of hydrogen-bond donors (Lipinski definition) is 2. The summed E-state index contributed by atoms with van der Waals surface area (Å²) in [5.74, 6) is -0.566. The van der Waals surface area contributed by atoms with Gasteiger partial charge in [-0.05, 0) is 30.0 Å². The number of hydrogen-bond acceptors (Lipinski definition) is 5. The summed E-state index contributed by atoms with van der Waals surface area (Å²) in [7, 11) is 0. The number of ether oxygens (including phenoxy) is 1. The van der Waals surface area contributed by atoms with Gasteiger partial charge >= 0.3 is 5.97 Å². The van der Waals surface area contributed by atoms with E-state index >= 15 is 0 Å². The van der Waals surface area contributed by atoms with Gasteiger partial charge in [-0.25, -0.2) is 14.8 Å². The van der Waals surface area contributed by atoms with Crippen LogP contribution in [0.2, 0.25) is 0 Å². The number of carboxylic acids is 1. The molecule has 0 aliphatic rings. The Kier molecular flexibility index (Phi) is 6.45. The maximum absolute atomic E-state index is 12.3. The fourth-order valence-corrected chi connectivity index (χ4v) is 2.29. The zero-order valence-electron chi connectivity index (χ0n) is 14.2. The maximum Gasteiger partial charge on any atom is 0.341 e. The fraction of sp³-hybridized carbons (Fsp3) is 0.333. The second kappa shape index (κ2) is 8.77. The maximum atomic E-state index is 12.3. The number of aromatic nitrogens is 2. The monoisotopic (exact) mass is 343 g/mol. The second-order valence-corrected chi connectivity index (χ2v) is 5.81. The molecule has 2 aromatic rings. The number of benzene rings is 1. The number of nitrogens with one attached hydrogen (secondary N) is 1. The number of carboxylic acid groups (broad SMARTS) is 1. The molecule has 1 heterocycles. The Morgan fingerprint density at radius 2 is 1.96 bits per heavy atom. The van der Waals surface area contributed by atoms with Crippen LogP contribution in [0.3, 0.4) is 0 Å². The lowest BCUT2D eigenvalue weighted by atomic mass is 10.0. The Labute approximate surface area is 146 Å². The summed E-state index contributed by atoms with van der Waals surface area (Å²) in [4.78, 5) is 30.9. The molecule has 0 aliphatic carbocycles. The van der Waals surface area contributed by atoms with Gasteiger partial charge in [-0.1, -0.05) is 26.0 Å². The molecule has 0 aliphatic heterocycles. The summed E-state index contributed by atoms with van der Waals surface area (Å²) in [6, 6.07) is 7.10. The molecule has 0 atom stereocenters. The molecule has 2 N–H and O–H groups in total. The first-order valence-corrected chi connectivity index (χ1v) is 7.99. The van der Waals surface area contributed by atoms with Crippen LogP contribution in [0.4, 0.5) is 0 Å². The van der Waals surface area contributed by atoms with E-state index in [0.29, 0.717) is 24.3 Å². The van der Waals surface area contributed by atoms with Crippen molar-refractivity contribution in [3.8, 4) is 5.75 Å². The van der Waals surface area contributed by atoms with Gasteiger partial charge in [0.2, 0.25) is 0 Å². The normalized spacial score (nSPS) is 10.5. The van der Waals surface area contributed by atoms with E-state index in [2.05, 4.69) is 15.3 Å². The fourth-order valence-electron chi connectivity index (χ4n) is 2.29. The van der Waals surface area contributed by atoms with Crippen molar-refractivity contribution in [3.05, 3.63) is 53.6 Å². The highest BCUT2D eigenvalue weighted by Gasteiger charge is 2.14. The average Bonchev–Trinajstić information content (AvgIpc) is 2.60. The predicted octanol–water partition coefficient (Wildman–Crippen LogP) is 2.04. The van der Waals surface area contributed by atoms with Crippen molar-refractivity contribution in [2.24, 2.45) is 0 Å². The predicted molar refractivity (Wildman–Crippen MR) is 91.7 cm³/mol. The van der Waals surface area contributed by atoms with Crippen molar-refractivity contribution in [3.63, 3.8) is 0 Å². The highest BCUT2D eigenvalue weighted by molar-refractivity contribution is 5.95. The minimum absolute atomic E-state index is 0.141. The number of carbonyl (C=O) groups is 2. The van der Waals surface area contributed by atoms with E-state index in [1.165, 1.54) is 12.5 Å². The molecule has 1 amide bonds. The van der Waals surface area contributed by atoms with E-state index in [1.54, 1.807) is 12.1 Å². The van der Waals surface area contributed by atoms with Crippen molar-refractivity contribution in [2.45, 2.75) is 26.2 Å². The van der Waals surface area contributed by atoms with E-state index in [0.717, 1.165) is 11.3 Å². The van der Waals surface area contributed by atoms with Crippen molar-refractivity contribution in [1.29, 1.82) is 0 Å². The topological polar surface area (TPSA) is 101 Å². The van der Waals surface area contributed by atoms with Gasteiger partial charge < -0.3 is 15.2 Å². The van der Waals surface area contributed by atoms with Gasteiger partial charge in [0, 0.05) is 12.7 Å². The van der Waals surface area contributed by atoms with E-state index in [4.69, 9.17) is 9.84 Å². The van der Waals surface area contributed by atoms with Gasteiger partial charge in [-0.2, -0.15) is 0 Å². The van der Waals surface area contributed by atoms with Gasteiger partial charge in [0.1, 0.15) is 12.1 Å². The minimum Gasteiger partial charge on any atom is -0.482 e. The van der Waals surface area contributed by atoms with Crippen molar-refractivity contribution < 1.29 is 19.4 Å². The van der Waals surface area contributed by atoms with Crippen LogP contribution in [-0.2, 0) is 11.2 Å². The van der Waals surface area contributed by atoms with Crippen LogP contribution >= 0.6 is 0 Å². The first kappa shape index (κ1) is 18.4. The quantitative estimate of drug-likeness (QED) is 0.760. The van der Waals surface area contributed by atoms with Crippen LogP contribution < -0.4 is 10.1 Å². The number of rotatable bonds is 8. The molecule has 132 valence electrons. The third-order valence-electron chi connectivity index (χ3n) is 3.52. The highest BCUT2D eigenvalue weighted by Crippen LogP contribution is 2.15. The molecule has 0 unspecified atom stereocenters. The third kappa shape index (κ3) is 5.56. The minimum atomic E-state index is -1.02. The summed E-state index contributed by atoms with van der Waals surface area (Å²) < 4.78 is 5.08. The van der Waals surface area contributed by atoms with Gasteiger partial charge in [0.15, 0.2) is 6.61 Å². The summed E-state index contributed by atoms with van der Waals surface area (Å²) in [6.07, 6.45) is 3.63. The lowest BCUT2D eigenvalue weighted by Crippen LogP contribution is -2.27. The van der Waals surface area contributed by atoms with Gasteiger partial charge in [-0.3, -0.25) is 4.79 Å². The Morgan fingerprint density at radius 1 is 1.24 bits per heavy atom. The van der Waals surface area contributed by atoms with Gasteiger partial charge in [-0.15, -0.1) is 0 Å². The Hall–Kier alpha value is -2.96. The number of amides is 1. The van der Waals surface area contributed by atoms with E-state index in [9.17, 15) is 9.59 Å². The molecule has 2 rings (SSSR count). The first-order chi connectivity index (χ1) is 12.0. The largest absolute Gasteiger partial charge is 0.482 e. The van der Waals surface area contributed by atoms with E-state index in [-0.39, 0.29) is 18.4 Å². The Morgan fingerprint density at radius 3 is 2.60 bits per heavy atom. The second-order valence-electron chi connectivity index (χ2n) is 5.81. The summed E-state index contributed by atoms with van der Waals surface area (Å²) in [6.45, 7) is 4.06. The zero-order valence-corrected chi connectivity index (χ0v) is 14.2. The molecule has 0 spiro atoms. The first-order valence-electron chi connectivity index (χ1n) is 7.99. The van der Waals surface area contributed by atoms with Crippen LogP contribution in [-0.4, -0.2) is 40.1 Å². The average molecular weight is 343 g/mol. The highest BCUT2D eigenvalue weighted by atomic mass is 16.5. The molecule has 0 fully saturated rings. The summed E-state index contributed by atoms with van der Waals surface area (Å²) >= 11 is 0. The van der Waals surface area contributed by atoms with Crippen molar-refractivity contribution in [1.82, 2.24) is 15.3 Å². The van der Waals surface area contributed by atoms with Gasteiger partial charge in [0.05, 0.1) is 11.3 Å². The van der Waals surface area contributed by atoms with Crippen LogP contribution in [0.15, 0.2) is 36.8 Å². The smallest absolute Gasteiger partial charge is 0.341 e. The number of aliphatic carboxylic acids is 1. The van der Waals surface area contributed by atoms with Crippen LogP contribution in [0.1, 0.15) is 41.4 Å². The molecule has 0 radical (unpaired) electrons. The lowest BCUT2D eigenvalue weighted by Gasteiger charge is -2.11. The lowest BCUT2D eigenvalue weighted by molar-refractivity contribution is -0.139. The molecule has 7 heteroatoms. The summed E-state index contributed by atoms with van der Waals surface area (Å²) in [5, 5.41) is 11.4. The zero-order chi connectivity index (χ0) is 18.2. The Bertz CT molecular complexity index is 729. The van der Waals surface area contributed by atoms with E-state index in [1.807, 2.05) is 26.0 Å². The molecule has 0 bridgehead atoms. The third-order valence-corrected chi connectivity index (χ3v) is 3.52.